The molecule has 2 fully saturated rings. The van der Waals surface area contributed by atoms with Crippen molar-refractivity contribution in [3.05, 3.63) is 17.5 Å². The Labute approximate surface area is 108 Å². The third kappa shape index (κ3) is 2.09. The van der Waals surface area contributed by atoms with Gasteiger partial charge < -0.3 is 4.42 Å². The van der Waals surface area contributed by atoms with Gasteiger partial charge in [-0.05, 0) is 25.7 Å². The number of hydrogen-bond acceptors (Lipinski definition) is 6. The normalized spacial score (nSPS) is 18.5. The van der Waals surface area contributed by atoms with Crippen molar-refractivity contribution in [1.29, 1.82) is 0 Å². The zero-order valence-electron chi connectivity index (χ0n) is 10.1. The van der Waals surface area contributed by atoms with Gasteiger partial charge in [0.1, 0.15) is 5.82 Å². The summed E-state index contributed by atoms with van der Waals surface area (Å²) in [6, 6.07) is 0.102. The standard InChI is InChI=1S/C11H12N6O2/c18-9(8-12-7(14-15-8)5-1-2-5)13-11-17-16-10(19-11)6-3-4-6/h5-6H,1-4H2,(H,12,14,15)(H,13,17,18). The molecule has 98 valence electrons. The topological polar surface area (TPSA) is 110 Å². The lowest BCUT2D eigenvalue weighted by Gasteiger charge is -1.94. The Morgan fingerprint density at radius 2 is 2.00 bits per heavy atom. The summed E-state index contributed by atoms with van der Waals surface area (Å²) in [4.78, 5) is 16.0. The summed E-state index contributed by atoms with van der Waals surface area (Å²) in [5.74, 6) is 1.82. The molecule has 19 heavy (non-hydrogen) atoms. The van der Waals surface area contributed by atoms with Crippen LogP contribution in [-0.4, -0.2) is 31.3 Å². The van der Waals surface area contributed by atoms with Crippen LogP contribution >= 0.6 is 0 Å². The molecule has 0 unspecified atom stereocenters. The molecule has 0 saturated heterocycles. The number of aromatic nitrogens is 5. The number of hydrogen-bond donors (Lipinski definition) is 2. The highest BCUT2D eigenvalue weighted by Gasteiger charge is 2.30. The van der Waals surface area contributed by atoms with Gasteiger partial charge in [-0.15, -0.1) is 10.2 Å². The van der Waals surface area contributed by atoms with Crippen molar-refractivity contribution in [2.75, 3.05) is 5.32 Å². The highest BCUT2D eigenvalue weighted by molar-refractivity contribution is 6.00. The first kappa shape index (κ1) is 10.7. The Kier molecular flexibility index (Phi) is 2.17. The van der Waals surface area contributed by atoms with E-state index in [0.29, 0.717) is 17.7 Å². The third-order valence-electron chi connectivity index (χ3n) is 3.26. The number of nitrogens with one attached hydrogen (secondary N) is 2. The fourth-order valence-electron chi connectivity index (χ4n) is 1.85. The van der Waals surface area contributed by atoms with Gasteiger partial charge in [0.05, 0.1) is 0 Å². The highest BCUT2D eigenvalue weighted by atomic mass is 16.4. The predicted molar refractivity (Wildman–Crippen MR) is 62.6 cm³/mol. The quantitative estimate of drug-likeness (QED) is 0.854. The summed E-state index contributed by atoms with van der Waals surface area (Å²) in [6.07, 6.45) is 4.35. The predicted octanol–water partition coefficient (Wildman–Crippen LogP) is 1.19. The monoisotopic (exact) mass is 260 g/mol. The fraction of sp³-hybridized carbons (Fsp3) is 0.545. The van der Waals surface area contributed by atoms with E-state index in [9.17, 15) is 4.79 Å². The summed E-state index contributed by atoms with van der Waals surface area (Å²) in [7, 11) is 0. The molecular formula is C11H12N6O2. The van der Waals surface area contributed by atoms with Crippen molar-refractivity contribution in [3.63, 3.8) is 0 Å². The molecule has 2 saturated carbocycles. The molecular weight excluding hydrogens is 248 g/mol. The Hall–Kier alpha value is -2.25. The van der Waals surface area contributed by atoms with E-state index in [4.69, 9.17) is 4.42 Å². The largest absolute Gasteiger partial charge is 0.408 e. The van der Waals surface area contributed by atoms with E-state index in [-0.39, 0.29) is 11.8 Å². The molecule has 0 radical (unpaired) electrons. The molecule has 0 atom stereocenters. The summed E-state index contributed by atoms with van der Waals surface area (Å²) in [6.45, 7) is 0. The molecule has 2 aromatic heterocycles. The van der Waals surface area contributed by atoms with Gasteiger partial charge in [0, 0.05) is 11.8 Å². The van der Waals surface area contributed by atoms with E-state index in [1.807, 2.05) is 0 Å². The Bertz CT molecular complexity index is 625. The van der Waals surface area contributed by atoms with Crippen LogP contribution in [0.1, 0.15) is 59.9 Å². The maximum absolute atomic E-state index is 11.9. The molecule has 2 aliphatic carbocycles. The van der Waals surface area contributed by atoms with E-state index in [2.05, 4.69) is 30.7 Å². The van der Waals surface area contributed by atoms with E-state index < -0.39 is 5.91 Å². The zero-order chi connectivity index (χ0) is 12.8. The van der Waals surface area contributed by atoms with E-state index in [1.54, 1.807) is 0 Å². The van der Waals surface area contributed by atoms with Crippen LogP contribution in [0.15, 0.2) is 4.42 Å². The molecule has 2 aromatic rings. The first-order valence-corrected chi connectivity index (χ1v) is 6.36. The van der Waals surface area contributed by atoms with Gasteiger partial charge in [-0.1, -0.05) is 5.10 Å². The van der Waals surface area contributed by atoms with E-state index in [1.165, 1.54) is 0 Å². The molecule has 8 heteroatoms. The minimum absolute atomic E-state index is 0.102. The number of carbonyl (C=O) groups is 1. The van der Waals surface area contributed by atoms with Crippen molar-refractivity contribution in [1.82, 2.24) is 25.4 Å². The maximum Gasteiger partial charge on any atom is 0.322 e. The number of rotatable bonds is 4. The summed E-state index contributed by atoms with van der Waals surface area (Å²) in [5.41, 5.74) is 0. The zero-order valence-corrected chi connectivity index (χ0v) is 10.1. The lowest BCUT2D eigenvalue weighted by Crippen LogP contribution is -2.14. The second-order valence-electron chi connectivity index (χ2n) is 4.99. The van der Waals surface area contributed by atoms with Crippen molar-refractivity contribution in [2.45, 2.75) is 37.5 Å². The van der Waals surface area contributed by atoms with Crippen LogP contribution in [0.4, 0.5) is 6.01 Å². The Morgan fingerprint density at radius 3 is 2.74 bits per heavy atom. The van der Waals surface area contributed by atoms with Gasteiger partial charge in [0.15, 0.2) is 0 Å². The van der Waals surface area contributed by atoms with Gasteiger partial charge in [-0.25, -0.2) is 4.98 Å². The lowest BCUT2D eigenvalue weighted by molar-refractivity contribution is 0.101. The lowest BCUT2D eigenvalue weighted by atomic mass is 10.4. The van der Waals surface area contributed by atoms with Crippen molar-refractivity contribution < 1.29 is 9.21 Å². The van der Waals surface area contributed by atoms with E-state index >= 15 is 0 Å². The molecule has 2 N–H and O–H groups in total. The Morgan fingerprint density at radius 1 is 1.21 bits per heavy atom. The molecule has 0 aliphatic heterocycles. The van der Waals surface area contributed by atoms with Crippen LogP contribution in [-0.2, 0) is 0 Å². The highest BCUT2D eigenvalue weighted by Crippen LogP contribution is 2.39. The van der Waals surface area contributed by atoms with Crippen LogP contribution < -0.4 is 5.32 Å². The third-order valence-corrected chi connectivity index (χ3v) is 3.26. The van der Waals surface area contributed by atoms with Gasteiger partial charge >= 0.3 is 6.01 Å². The van der Waals surface area contributed by atoms with Crippen molar-refractivity contribution in [3.8, 4) is 0 Å². The summed E-state index contributed by atoms with van der Waals surface area (Å²) >= 11 is 0. The van der Waals surface area contributed by atoms with Gasteiger partial charge in [0.2, 0.25) is 11.7 Å². The van der Waals surface area contributed by atoms with Gasteiger partial charge in [0.25, 0.3) is 5.91 Å². The average Bonchev–Trinajstić information content (AvgIpc) is 3.34. The minimum Gasteiger partial charge on any atom is -0.408 e. The SMILES string of the molecule is O=C(Nc1nnc(C2CC2)o1)c1n[nH]c(C2CC2)n1. The molecule has 0 bridgehead atoms. The molecule has 4 rings (SSSR count). The van der Waals surface area contributed by atoms with Crippen LogP contribution in [0.5, 0.6) is 0 Å². The van der Waals surface area contributed by atoms with Crippen molar-refractivity contribution >= 4 is 11.9 Å². The van der Waals surface area contributed by atoms with Crippen molar-refractivity contribution in [2.24, 2.45) is 0 Å². The Balaban J connectivity index is 1.46. The molecule has 2 aliphatic rings. The number of amides is 1. The number of carbonyl (C=O) groups excluding carboxylic acids is 1. The second-order valence-corrected chi connectivity index (χ2v) is 4.99. The van der Waals surface area contributed by atoms with Gasteiger partial charge in [-0.3, -0.25) is 15.2 Å². The minimum atomic E-state index is -0.436. The summed E-state index contributed by atoms with van der Waals surface area (Å²) < 4.78 is 5.35. The average molecular weight is 260 g/mol. The second kappa shape index (κ2) is 3.87. The summed E-state index contributed by atoms with van der Waals surface area (Å²) in [5, 5.41) is 16.8. The van der Waals surface area contributed by atoms with Crippen LogP contribution in [0, 0.1) is 0 Å². The smallest absolute Gasteiger partial charge is 0.322 e. The van der Waals surface area contributed by atoms with Crippen LogP contribution in [0.2, 0.25) is 0 Å². The number of anilines is 1. The first-order chi connectivity index (χ1) is 9.29. The van der Waals surface area contributed by atoms with Gasteiger partial charge in [-0.2, -0.15) is 0 Å². The number of nitrogens with zero attached hydrogens (tertiary/aromatic N) is 4. The number of H-pyrrole nitrogens is 1. The molecule has 8 nitrogen and oxygen atoms in total. The molecule has 0 aromatic carbocycles. The molecule has 1 amide bonds. The van der Waals surface area contributed by atoms with Crippen LogP contribution in [0.25, 0.3) is 0 Å². The first-order valence-electron chi connectivity index (χ1n) is 6.36. The van der Waals surface area contributed by atoms with E-state index in [0.717, 1.165) is 31.5 Å². The maximum atomic E-state index is 11.9. The van der Waals surface area contributed by atoms with Crippen LogP contribution in [0.3, 0.4) is 0 Å². The molecule has 0 spiro atoms. The molecule has 2 heterocycles. The fourth-order valence-corrected chi connectivity index (χ4v) is 1.85. The number of aromatic amines is 1.